The highest BCUT2D eigenvalue weighted by atomic mass is 16.7. The maximum absolute atomic E-state index is 6.19. The molecule has 2 heterocycles. The lowest BCUT2D eigenvalue weighted by Crippen LogP contribution is -2.41. The Morgan fingerprint density at radius 1 is 1.05 bits per heavy atom. The van der Waals surface area contributed by atoms with Gasteiger partial charge in [-0.3, -0.25) is 0 Å². The highest BCUT2D eigenvalue weighted by molar-refractivity contribution is 6.65. The first-order valence-electron chi connectivity index (χ1n) is 7.61. The van der Waals surface area contributed by atoms with E-state index in [4.69, 9.17) is 9.31 Å². The molecule has 0 radical (unpaired) electrons. The molecule has 4 heteroatoms. The lowest BCUT2D eigenvalue weighted by Gasteiger charge is -2.32. The topological polar surface area (TPSA) is 22.3 Å². The van der Waals surface area contributed by atoms with Gasteiger partial charge in [0, 0.05) is 11.5 Å². The number of fused-ring (bicyclic) bond motifs is 1. The minimum absolute atomic E-state index is 0.308. The zero-order valence-electron chi connectivity index (χ0n) is 13.5. The smallest absolute Gasteiger partial charge is 0.399 e. The summed E-state index contributed by atoms with van der Waals surface area (Å²) in [6.45, 7) is 11.5. The Kier molecular flexibility index (Phi) is 3.34. The van der Waals surface area contributed by atoms with E-state index in [-0.39, 0.29) is 18.3 Å². The average Bonchev–Trinajstić information content (AvgIpc) is 2.66. The van der Waals surface area contributed by atoms with Gasteiger partial charge in [-0.25, -0.2) is 4.57 Å². The van der Waals surface area contributed by atoms with Crippen molar-refractivity contribution in [1.82, 2.24) is 0 Å². The fourth-order valence-electron chi connectivity index (χ4n) is 2.67. The summed E-state index contributed by atoms with van der Waals surface area (Å²) in [5.74, 6) is 0. The van der Waals surface area contributed by atoms with E-state index in [0.29, 0.717) is 0 Å². The minimum Gasteiger partial charge on any atom is -0.399 e. The minimum atomic E-state index is -0.309. The third-order valence-electron chi connectivity index (χ3n) is 4.78. The average molecular weight is 284 g/mol. The molecule has 3 nitrogen and oxygen atoms in total. The van der Waals surface area contributed by atoms with Gasteiger partial charge in [-0.1, -0.05) is 12.1 Å². The second-order valence-corrected chi connectivity index (χ2v) is 6.71. The summed E-state index contributed by atoms with van der Waals surface area (Å²) in [4.78, 5) is 0. The number of hydrogen-bond donors (Lipinski definition) is 0. The van der Waals surface area contributed by atoms with Crippen molar-refractivity contribution in [2.24, 2.45) is 0 Å². The van der Waals surface area contributed by atoms with E-state index in [0.717, 1.165) is 12.0 Å². The molecule has 0 amide bonds. The van der Waals surface area contributed by atoms with Gasteiger partial charge >= 0.3 is 7.12 Å². The molecule has 3 rings (SSSR count). The molecule has 1 aromatic heterocycles. The maximum atomic E-state index is 6.19. The second kappa shape index (κ2) is 4.82. The highest BCUT2D eigenvalue weighted by Gasteiger charge is 2.52. The van der Waals surface area contributed by atoms with Gasteiger partial charge in [-0.15, -0.1) is 0 Å². The number of nitrogens with zero attached hydrogens (tertiary/aromatic N) is 1. The second-order valence-electron chi connectivity index (χ2n) is 6.71. The monoisotopic (exact) mass is 284 g/mol. The summed E-state index contributed by atoms with van der Waals surface area (Å²) < 4.78 is 14.5. The summed E-state index contributed by atoms with van der Waals surface area (Å²) in [6, 6.07) is 8.46. The van der Waals surface area contributed by atoms with Crippen LogP contribution in [-0.2, 0) is 15.9 Å². The first-order valence-corrected chi connectivity index (χ1v) is 7.61. The lowest BCUT2D eigenvalue weighted by molar-refractivity contribution is -0.692. The van der Waals surface area contributed by atoms with Gasteiger partial charge in [0.2, 0.25) is 0 Å². The standard InChI is InChI=1S/C17H23BNO2/c1-6-19-11-10-14-13(12-19)8-7-9-15(14)18-20-16(2,3)17(4,5)21-18/h7-12H,6H2,1-5H3/q+1. The quantitative estimate of drug-likeness (QED) is 0.624. The summed E-state index contributed by atoms with van der Waals surface area (Å²) in [6.07, 6.45) is 4.28. The molecule has 0 saturated carbocycles. The van der Waals surface area contributed by atoms with Gasteiger partial charge in [-0.2, -0.15) is 0 Å². The molecule has 110 valence electrons. The van der Waals surface area contributed by atoms with Crippen molar-refractivity contribution in [3.63, 3.8) is 0 Å². The molecular weight excluding hydrogens is 261 g/mol. The Balaban J connectivity index is 2.06. The van der Waals surface area contributed by atoms with Crippen LogP contribution in [0.5, 0.6) is 0 Å². The first-order chi connectivity index (χ1) is 9.84. The molecule has 1 fully saturated rings. The zero-order valence-corrected chi connectivity index (χ0v) is 13.5. The molecule has 0 atom stereocenters. The third kappa shape index (κ3) is 2.36. The van der Waals surface area contributed by atoms with Crippen LogP contribution in [-0.4, -0.2) is 18.3 Å². The number of aryl methyl sites for hydroxylation is 1. The summed E-state index contributed by atoms with van der Waals surface area (Å²) in [7, 11) is -0.309. The van der Waals surface area contributed by atoms with Crippen LogP contribution in [0.25, 0.3) is 10.8 Å². The lowest BCUT2D eigenvalue weighted by atomic mass is 9.76. The molecule has 0 aliphatic carbocycles. The number of benzene rings is 1. The number of rotatable bonds is 2. The summed E-state index contributed by atoms with van der Waals surface area (Å²) in [5, 5.41) is 2.41. The van der Waals surface area contributed by atoms with E-state index < -0.39 is 0 Å². The van der Waals surface area contributed by atoms with Crippen molar-refractivity contribution >= 4 is 23.4 Å². The van der Waals surface area contributed by atoms with Crippen LogP contribution >= 0.6 is 0 Å². The van der Waals surface area contributed by atoms with Gasteiger partial charge in [-0.05, 0) is 51.5 Å². The van der Waals surface area contributed by atoms with E-state index in [9.17, 15) is 0 Å². The van der Waals surface area contributed by atoms with E-state index >= 15 is 0 Å². The van der Waals surface area contributed by atoms with Crippen molar-refractivity contribution in [3.8, 4) is 0 Å². The molecule has 1 aromatic carbocycles. The maximum Gasteiger partial charge on any atom is 0.495 e. The van der Waals surface area contributed by atoms with Crippen molar-refractivity contribution in [2.75, 3.05) is 0 Å². The predicted octanol–water partition coefficient (Wildman–Crippen LogP) is 2.45. The Morgan fingerprint density at radius 3 is 2.33 bits per heavy atom. The summed E-state index contributed by atoms with van der Waals surface area (Å²) in [5.41, 5.74) is 0.491. The van der Waals surface area contributed by atoms with Crippen molar-refractivity contribution in [3.05, 3.63) is 36.7 Å². The molecular formula is C17H23BNO2+. The molecule has 1 aliphatic rings. The van der Waals surface area contributed by atoms with Crippen LogP contribution in [0.3, 0.4) is 0 Å². The van der Waals surface area contributed by atoms with Crippen molar-refractivity contribution in [1.29, 1.82) is 0 Å². The molecule has 0 N–H and O–H groups in total. The number of aromatic nitrogens is 1. The van der Waals surface area contributed by atoms with Crippen LogP contribution in [0.4, 0.5) is 0 Å². The van der Waals surface area contributed by atoms with Gasteiger partial charge in [0.15, 0.2) is 12.4 Å². The largest absolute Gasteiger partial charge is 0.495 e. The Labute approximate surface area is 127 Å². The first kappa shape index (κ1) is 14.5. The van der Waals surface area contributed by atoms with Crippen molar-refractivity contribution < 1.29 is 13.9 Å². The molecule has 21 heavy (non-hydrogen) atoms. The van der Waals surface area contributed by atoms with Crippen molar-refractivity contribution in [2.45, 2.75) is 52.4 Å². The molecule has 0 bridgehead atoms. The van der Waals surface area contributed by atoms with Gasteiger partial charge < -0.3 is 9.31 Å². The van der Waals surface area contributed by atoms with Crippen LogP contribution < -0.4 is 10.0 Å². The van der Waals surface area contributed by atoms with Crippen LogP contribution in [0.15, 0.2) is 36.7 Å². The third-order valence-corrected chi connectivity index (χ3v) is 4.78. The zero-order chi connectivity index (χ0) is 15.3. The number of pyridine rings is 1. The van der Waals surface area contributed by atoms with Gasteiger partial charge in [0.1, 0.15) is 6.54 Å². The number of hydrogen-bond acceptors (Lipinski definition) is 2. The van der Waals surface area contributed by atoms with Gasteiger partial charge in [0.05, 0.1) is 11.2 Å². The SMILES string of the molecule is CC[n+]1ccc2c(B3OC(C)(C)C(C)(C)O3)cccc2c1. The molecule has 1 aliphatic heterocycles. The molecule has 0 spiro atoms. The normalized spacial score (nSPS) is 20.1. The van der Waals surface area contributed by atoms with Crippen LogP contribution in [0, 0.1) is 0 Å². The van der Waals surface area contributed by atoms with E-state index in [1.807, 2.05) is 0 Å². The summed E-state index contributed by atoms with van der Waals surface area (Å²) >= 11 is 0. The molecule has 2 aromatic rings. The fraction of sp³-hybridized carbons (Fsp3) is 0.471. The van der Waals surface area contributed by atoms with E-state index in [2.05, 4.69) is 75.8 Å². The Bertz CT molecular complexity index is 666. The highest BCUT2D eigenvalue weighted by Crippen LogP contribution is 2.36. The Hall–Kier alpha value is -1.39. The van der Waals surface area contributed by atoms with E-state index in [1.54, 1.807) is 0 Å². The fourth-order valence-corrected chi connectivity index (χ4v) is 2.67. The Morgan fingerprint density at radius 2 is 1.71 bits per heavy atom. The van der Waals surface area contributed by atoms with Crippen LogP contribution in [0.2, 0.25) is 0 Å². The van der Waals surface area contributed by atoms with Gasteiger partial charge in [0.25, 0.3) is 0 Å². The van der Waals surface area contributed by atoms with E-state index in [1.165, 1.54) is 10.8 Å². The molecule has 0 unspecified atom stereocenters. The van der Waals surface area contributed by atoms with Crippen LogP contribution in [0.1, 0.15) is 34.6 Å². The molecule has 1 saturated heterocycles. The predicted molar refractivity (Wildman–Crippen MR) is 85.5 cm³/mol.